The Morgan fingerprint density at radius 1 is 1.12 bits per heavy atom. The number of carbonyl (C=O) groups excluding carboxylic acids is 2. The molecule has 3 aromatic rings. The second-order valence-electron chi connectivity index (χ2n) is 5.53. The van der Waals surface area contributed by atoms with Crippen molar-refractivity contribution in [3.8, 4) is 11.4 Å². The first-order valence-electron chi connectivity index (χ1n) is 7.84. The molecule has 2 N–H and O–H groups in total. The van der Waals surface area contributed by atoms with Gasteiger partial charge in [0, 0.05) is 23.6 Å². The molecule has 0 aliphatic carbocycles. The number of hydrogen-bond donors (Lipinski definition) is 2. The summed E-state index contributed by atoms with van der Waals surface area (Å²) in [6, 6.07) is 13.0. The Morgan fingerprint density at radius 2 is 1.96 bits per heavy atom. The lowest BCUT2D eigenvalue weighted by atomic mass is 10.2. The fourth-order valence-electron chi connectivity index (χ4n) is 2.74. The Hall–Kier alpha value is -3.81. The van der Waals surface area contributed by atoms with Crippen LogP contribution in [0.3, 0.4) is 0 Å². The fraction of sp³-hybridized carbons (Fsp3) is 0.0556. The number of carbonyl (C=O) groups is 1. The lowest BCUT2D eigenvalue weighted by Gasteiger charge is -2.30. The minimum Gasteiger partial charge on any atom is -0.318 e. The van der Waals surface area contributed by atoms with Crippen LogP contribution in [0.5, 0.6) is 0 Å². The molecule has 4 rings (SSSR count). The maximum absolute atomic E-state index is 12.2. The van der Waals surface area contributed by atoms with Crippen LogP contribution in [0.2, 0.25) is 0 Å². The van der Waals surface area contributed by atoms with Crippen molar-refractivity contribution < 1.29 is 9.59 Å². The Balaban J connectivity index is 1.92. The van der Waals surface area contributed by atoms with E-state index in [1.807, 2.05) is 36.4 Å². The van der Waals surface area contributed by atoms with Crippen LogP contribution in [0, 0.1) is 0 Å². The predicted molar refractivity (Wildman–Crippen MR) is 96.7 cm³/mol. The summed E-state index contributed by atoms with van der Waals surface area (Å²) in [7, 11) is 0. The Labute approximate surface area is 148 Å². The molecule has 0 bridgehead atoms. The van der Waals surface area contributed by atoms with Gasteiger partial charge in [-0.3, -0.25) is 14.6 Å². The van der Waals surface area contributed by atoms with E-state index in [4.69, 9.17) is 0 Å². The minimum atomic E-state index is -0.229. The molecule has 8 heteroatoms. The monoisotopic (exact) mass is 345 g/mol. The minimum absolute atomic E-state index is 0.102. The van der Waals surface area contributed by atoms with Gasteiger partial charge in [0.15, 0.2) is 17.5 Å². The third kappa shape index (κ3) is 2.84. The van der Waals surface area contributed by atoms with Crippen molar-refractivity contribution in [2.24, 2.45) is 0 Å². The van der Waals surface area contributed by atoms with Crippen LogP contribution in [-0.4, -0.2) is 33.8 Å². The third-order valence-electron chi connectivity index (χ3n) is 3.87. The number of rotatable bonds is 4. The third-order valence-corrected chi connectivity index (χ3v) is 3.87. The molecule has 1 aliphatic heterocycles. The maximum Gasteiger partial charge on any atom is 0.315 e. The number of anilines is 4. The van der Waals surface area contributed by atoms with Crippen molar-refractivity contribution in [2.45, 2.75) is 0 Å². The van der Waals surface area contributed by atoms with Gasteiger partial charge in [-0.15, -0.1) is 0 Å². The first-order chi connectivity index (χ1) is 12.8. The first-order valence-corrected chi connectivity index (χ1v) is 7.84. The second kappa shape index (κ2) is 6.60. The summed E-state index contributed by atoms with van der Waals surface area (Å²) in [5.41, 5.74) is 1.83. The normalized spacial score (nSPS) is 12.9. The van der Waals surface area contributed by atoms with Gasteiger partial charge >= 0.3 is 6.41 Å². The molecule has 3 heterocycles. The molecule has 127 valence electrons. The van der Waals surface area contributed by atoms with E-state index in [-0.39, 0.29) is 18.3 Å². The molecule has 2 amide bonds. The van der Waals surface area contributed by atoms with Crippen molar-refractivity contribution in [3.05, 3.63) is 54.9 Å². The zero-order valence-electron chi connectivity index (χ0n) is 13.5. The van der Waals surface area contributed by atoms with Crippen molar-refractivity contribution in [2.75, 3.05) is 22.1 Å². The van der Waals surface area contributed by atoms with Gasteiger partial charge in [-0.1, -0.05) is 18.2 Å². The van der Waals surface area contributed by atoms with Crippen LogP contribution in [0.25, 0.3) is 11.4 Å². The molecule has 0 saturated carbocycles. The molecule has 26 heavy (non-hydrogen) atoms. The Morgan fingerprint density at radius 3 is 2.69 bits per heavy atom. The van der Waals surface area contributed by atoms with Crippen LogP contribution in [0.1, 0.15) is 0 Å². The van der Waals surface area contributed by atoms with Crippen molar-refractivity contribution >= 4 is 35.3 Å². The molecule has 0 fully saturated rings. The van der Waals surface area contributed by atoms with E-state index in [0.29, 0.717) is 22.9 Å². The summed E-state index contributed by atoms with van der Waals surface area (Å²) >= 11 is 0. The molecule has 0 spiro atoms. The highest BCUT2D eigenvalue weighted by atomic mass is 16.2. The number of para-hydroxylation sites is 1. The molecule has 1 aromatic carbocycles. The van der Waals surface area contributed by atoms with Gasteiger partial charge in [0.1, 0.15) is 12.2 Å². The van der Waals surface area contributed by atoms with Crippen LogP contribution in [-0.2, 0) is 9.59 Å². The number of fused-ring (bicyclic) bond motifs is 1. The quantitative estimate of drug-likeness (QED) is 0.703. The highest BCUT2D eigenvalue weighted by Crippen LogP contribution is 2.38. The van der Waals surface area contributed by atoms with Crippen molar-refractivity contribution in [1.29, 1.82) is 0 Å². The van der Waals surface area contributed by atoms with E-state index >= 15 is 0 Å². The van der Waals surface area contributed by atoms with Gasteiger partial charge in [-0.2, -0.15) is 0 Å². The van der Waals surface area contributed by atoms with E-state index < -0.39 is 0 Å². The topological polar surface area (TPSA) is 100 Å². The van der Waals surface area contributed by atoms with Gasteiger partial charge in [0.25, 0.3) is 0 Å². The predicted octanol–water partition coefficient (Wildman–Crippen LogP) is 2.11. The lowest BCUT2D eigenvalue weighted by molar-refractivity contribution is -0.115. The average molecular weight is 345 g/mol. The summed E-state index contributed by atoms with van der Waals surface area (Å²) in [5.74, 6) is 0.819. The lowest BCUT2D eigenvalue weighted by Crippen LogP contribution is -2.36. The second-order valence-corrected chi connectivity index (χ2v) is 5.53. The molecular weight excluding hydrogens is 332 g/mol. The number of amides is 2. The molecular formula is C18H13N6O2. The summed E-state index contributed by atoms with van der Waals surface area (Å²) in [6.45, 7) is 0.102. The molecule has 0 saturated heterocycles. The summed E-state index contributed by atoms with van der Waals surface area (Å²) in [4.78, 5) is 37.9. The van der Waals surface area contributed by atoms with Crippen molar-refractivity contribution in [3.63, 3.8) is 0 Å². The average Bonchev–Trinajstić information content (AvgIpc) is 2.69. The molecule has 1 aliphatic rings. The Bertz CT molecular complexity index is 962. The standard InChI is InChI=1S/C18H13N6O2/c25-11-20-17-15-18(23-16(22-17)12-5-4-8-19-9-12)24(10-14(26)21-15)13-6-2-1-3-7-13/h1-9H,10H2,(H,21,26)(H,20,22,23,25). The SMILES string of the molecule is O=[C]Nc1nc(-c2cccnc2)nc2c1NC(=O)CN2c1ccccc1. The van der Waals surface area contributed by atoms with E-state index in [1.54, 1.807) is 29.8 Å². The first kappa shape index (κ1) is 15.7. The fourth-order valence-corrected chi connectivity index (χ4v) is 2.74. The van der Waals surface area contributed by atoms with E-state index in [2.05, 4.69) is 25.6 Å². The van der Waals surface area contributed by atoms with Crippen LogP contribution < -0.4 is 15.5 Å². The van der Waals surface area contributed by atoms with Gasteiger partial charge in [0.05, 0.1) is 0 Å². The number of nitrogens with zero attached hydrogens (tertiary/aromatic N) is 4. The molecule has 1 radical (unpaired) electrons. The number of pyridine rings is 1. The number of aromatic nitrogens is 3. The Kier molecular flexibility index (Phi) is 3.98. The highest BCUT2D eigenvalue weighted by molar-refractivity contribution is 6.06. The van der Waals surface area contributed by atoms with Gasteiger partial charge in [0.2, 0.25) is 5.91 Å². The maximum atomic E-state index is 12.2. The summed E-state index contributed by atoms with van der Waals surface area (Å²) < 4.78 is 0. The molecule has 0 atom stereocenters. The van der Waals surface area contributed by atoms with Gasteiger partial charge < -0.3 is 15.5 Å². The van der Waals surface area contributed by atoms with Crippen LogP contribution in [0.4, 0.5) is 23.0 Å². The van der Waals surface area contributed by atoms with Crippen LogP contribution in [0.15, 0.2) is 54.9 Å². The van der Waals surface area contributed by atoms with Crippen LogP contribution >= 0.6 is 0 Å². The van der Waals surface area contributed by atoms with Gasteiger partial charge in [-0.25, -0.2) is 9.97 Å². The zero-order valence-corrected chi connectivity index (χ0v) is 13.5. The van der Waals surface area contributed by atoms with E-state index in [1.165, 1.54) is 0 Å². The van der Waals surface area contributed by atoms with E-state index in [9.17, 15) is 9.59 Å². The summed E-state index contributed by atoms with van der Waals surface area (Å²) in [5, 5.41) is 5.15. The van der Waals surface area contributed by atoms with Crippen molar-refractivity contribution in [1.82, 2.24) is 15.0 Å². The molecule has 8 nitrogen and oxygen atoms in total. The number of nitrogens with one attached hydrogen (secondary N) is 2. The summed E-state index contributed by atoms with van der Waals surface area (Å²) in [6.07, 6.45) is 4.89. The zero-order chi connectivity index (χ0) is 17.9. The number of benzene rings is 1. The number of hydrogen-bond acceptors (Lipinski definition) is 6. The largest absolute Gasteiger partial charge is 0.318 e. The smallest absolute Gasteiger partial charge is 0.315 e. The van der Waals surface area contributed by atoms with E-state index in [0.717, 1.165) is 5.69 Å². The van der Waals surface area contributed by atoms with Gasteiger partial charge in [-0.05, 0) is 24.3 Å². The molecule has 2 aromatic heterocycles. The molecule has 0 unspecified atom stereocenters. The highest BCUT2D eigenvalue weighted by Gasteiger charge is 2.29.